The van der Waals surface area contributed by atoms with Gasteiger partial charge in [-0.15, -0.1) is 0 Å². The molecule has 118 valence electrons. The molecule has 0 fully saturated rings. The van der Waals surface area contributed by atoms with Crippen LogP contribution in [0.25, 0.3) is 11.1 Å². The first-order chi connectivity index (χ1) is 10.4. The molecular weight excluding hydrogens is 323 g/mol. The van der Waals surface area contributed by atoms with Gasteiger partial charge in [0.2, 0.25) is 0 Å². The van der Waals surface area contributed by atoms with Crippen molar-refractivity contribution in [1.29, 1.82) is 0 Å². The van der Waals surface area contributed by atoms with Crippen molar-refractivity contribution in [2.45, 2.75) is 6.92 Å². The number of anilines is 1. The highest BCUT2D eigenvalue weighted by molar-refractivity contribution is 6.39. The van der Waals surface area contributed by atoms with E-state index < -0.39 is 0 Å². The maximum absolute atomic E-state index is 7.00. The Hall–Kier alpha value is -1.95. The number of nitrogen functional groups attached to an aromatic ring is 1. The lowest BCUT2D eigenvalue weighted by Gasteiger charge is -2.12. The fourth-order valence-electron chi connectivity index (χ4n) is 2.01. The van der Waals surface area contributed by atoms with Crippen molar-refractivity contribution >= 4 is 40.5 Å². The molecule has 2 aromatic carbocycles. The highest BCUT2D eigenvalue weighted by Crippen LogP contribution is 2.38. The molecule has 7 N–H and O–H groups in total. The number of rotatable bonds is 2. The van der Waals surface area contributed by atoms with Crippen molar-refractivity contribution in [2.24, 2.45) is 16.5 Å². The van der Waals surface area contributed by atoms with E-state index >= 15 is 0 Å². The van der Waals surface area contributed by atoms with Crippen LogP contribution in [-0.4, -0.2) is 18.2 Å². The Morgan fingerprint density at radius 1 is 1.09 bits per heavy atom. The van der Waals surface area contributed by atoms with Gasteiger partial charge in [-0.25, -0.2) is 4.99 Å². The summed E-state index contributed by atoms with van der Waals surface area (Å²) >= 11 is 12.4. The number of nitrogens with two attached hydrogens (primary N) is 3. The van der Waals surface area contributed by atoms with Crippen LogP contribution in [0.4, 0.5) is 11.4 Å². The number of aliphatic imine (C=N–C) groups is 1. The van der Waals surface area contributed by atoms with Crippen molar-refractivity contribution in [3.05, 3.63) is 45.9 Å². The average molecular weight is 341 g/mol. The molecule has 0 aliphatic rings. The van der Waals surface area contributed by atoms with Crippen molar-refractivity contribution < 1.29 is 5.11 Å². The van der Waals surface area contributed by atoms with Crippen LogP contribution in [0.2, 0.25) is 10.0 Å². The summed E-state index contributed by atoms with van der Waals surface area (Å²) in [7, 11) is 1.00. The molecule has 0 bridgehead atoms. The number of aliphatic hydroxyl groups is 1. The van der Waals surface area contributed by atoms with Gasteiger partial charge < -0.3 is 22.3 Å². The van der Waals surface area contributed by atoms with Crippen molar-refractivity contribution in [2.75, 3.05) is 12.8 Å². The first-order valence-corrected chi connectivity index (χ1v) is 7.04. The Morgan fingerprint density at radius 2 is 1.64 bits per heavy atom. The molecule has 22 heavy (non-hydrogen) atoms. The summed E-state index contributed by atoms with van der Waals surface area (Å²) in [6.07, 6.45) is 0. The molecule has 0 heterocycles. The molecule has 0 amide bonds. The summed E-state index contributed by atoms with van der Waals surface area (Å²) in [6, 6.07) is 8.99. The molecule has 2 aromatic rings. The van der Waals surface area contributed by atoms with Gasteiger partial charge in [0, 0.05) is 22.7 Å². The highest BCUT2D eigenvalue weighted by Gasteiger charge is 2.12. The van der Waals surface area contributed by atoms with Crippen LogP contribution in [0, 0.1) is 6.92 Å². The Morgan fingerprint density at radius 3 is 2.09 bits per heavy atom. The number of nitrogens with zero attached hydrogens (tertiary/aromatic N) is 1. The minimum atomic E-state index is -0.0386. The Bertz CT molecular complexity index is 655. The number of aryl methyl sites for hydroxylation is 1. The molecule has 0 atom stereocenters. The zero-order valence-corrected chi connectivity index (χ0v) is 13.8. The van der Waals surface area contributed by atoms with Crippen LogP contribution in [0.3, 0.4) is 0 Å². The number of halogens is 2. The highest BCUT2D eigenvalue weighted by atomic mass is 35.5. The molecule has 0 saturated carbocycles. The molecule has 0 aliphatic carbocycles. The second kappa shape index (κ2) is 7.89. The van der Waals surface area contributed by atoms with Crippen molar-refractivity contribution in [3.63, 3.8) is 0 Å². The first-order valence-electron chi connectivity index (χ1n) is 6.29. The van der Waals surface area contributed by atoms with E-state index in [1.165, 1.54) is 0 Å². The largest absolute Gasteiger partial charge is 0.400 e. The zero-order valence-electron chi connectivity index (χ0n) is 12.3. The molecule has 0 spiro atoms. The normalized spacial score (nSPS) is 9.68. The topological polar surface area (TPSA) is 111 Å². The summed E-state index contributed by atoms with van der Waals surface area (Å²) in [4.78, 5) is 4.02. The third-order valence-electron chi connectivity index (χ3n) is 2.82. The van der Waals surface area contributed by atoms with Gasteiger partial charge in [0.1, 0.15) is 0 Å². The van der Waals surface area contributed by atoms with E-state index in [4.69, 9.17) is 45.5 Å². The van der Waals surface area contributed by atoms with E-state index in [0.717, 1.165) is 23.8 Å². The predicted molar refractivity (Wildman–Crippen MR) is 94.7 cm³/mol. The third-order valence-corrected chi connectivity index (χ3v) is 3.45. The van der Waals surface area contributed by atoms with Crippen molar-refractivity contribution in [1.82, 2.24) is 0 Å². The number of hydrogen-bond donors (Lipinski definition) is 4. The standard InChI is InChI=1S/C14H14Cl2N4.CH4O/c1-7-5-8(6-11(17)13(7)20-14(18)19)12-9(15)3-2-4-10(12)16;1-2/h2-6H,17H2,1H3,(H4,18,19,20);2H,1H3. The third kappa shape index (κ3) is 4.04. The summed E-state index contributed by atoms with van der Waals surface area (Å²) in [6.45, 7) is 1.87. The first kappa shape index (κ1) is 18.1. The number of hydrogen-bond acceptors (Lipinski definition) is 3. The van der Waals surface area contributed by atoms with E-state index in [2.05, 4.69) is 4.99 Å². The Balaban J connectivity index is 0.00000116. The average Bonchev–Trinajstić information content (AvgIpc) is 2.45. The molecule has 5 nitrogen and oxygen atoms in total. The Labute approximate surface area is 139 Å². The van der Waals surface area contributed by atoms with Crippen LogP contribution in [-0.2, 0) is 0 Å². The molecule has 0 aromatic heterocycles. The maximum Gasteiger partial charge on any atom is 0.191 e. The summed E-state index contributed by atoms with van der Waals surface area (Å²) < 4.78 is 0. The van der Waals surface area contributed by atoms with Gasteiger partial charge >= 0.3 is 0 Å². The Kier molecular flexibility index (Phi) is 6.49. The molecule has 0 radical (unpaired) electrons. The number of aliphatic hydroxyl groups excluding tert-OH is 1. The SMILES string of the molecule is CO.Cc1cc(-c2c(Cl)cccc2Cl)cc(N)c1N=C(N)N. The molecule has 0 aliphatic heterocycles. The fourth-order valence-corrected chi connectivity index (χ4v) is 2.62. The van der Waals surface area contributed by atoms with Crippen molar-refractivity contribution in [3.8, 4) is 11.1 Å². The summed E-state index contributed by atoms with van der Waals surface area (Å²) in [5.41, 5.74) is 20.2. The number of guanidine groups is 1. The lowest BCUT2D eigenvalue weighted by molar-refractivity contribution is 0.399. The molecule has 2 rings (SSSR count). The zero-order chi connectivity index (χ0) is 16.9. The van der Waals surface area contributed by atoms with Gasteiger partial charge in [-0.3, -0.25) is 0 Å². The minimum absolute atomic E-state index is 0.0386. The smallest absolute Gasteiger partial charge is 0.191 e. The van der Waals surface area contributed by atoms with Crippen LogP contribution in [0.5, 0.6) is 0 Å². The second-order valence-corrected chi connectivity index (χ2v) is 5.18. The number of benzene rings is 2. The lowest BCUT2D eigenvalue weighted by Crippen LogP contribution is -2.22. The van der Waals surface area contributed by atoms with Gasteiger partial charge in [-0.1, -0.05) is 29.3 Å². The van der Waals surface area contributed by atoms with E-state index in [9.17, 15) is 0 Å². The van der Waals surface area contributed by atoms with E-state index in [1.807, 2.05) is 13.0 Å². The molecular formula is C15H18Cl2N4O. The second-order valence-electron chi connectivity index (χ2n) is 4.36. The monoisotopic (exact) mass is 340 g/mol. The van der Waals surface area contributed by atoms with Crippen LogP contribution >= 0.6 is 23.2 Å². The molecule has 0 unspecified atom stereocenters. The van der Waals surface area contributed by atoms with Gasteiger partial charge in [0.25, 0.3) is 0 Å². The van der Waals surface area contributed by atoms with Gasteiger partial charge in [0.15, 0.2) is 5.96 Å². The minimum Gasteiger partial charge on any atom is -0.400 e. The van der Waals surface area contributed by atoms with Crippen LogP contribution in [0.15, 0.2) is 35.3 Å². The molecule has 7 heteroatoms. The van der Waals surface area contributed by atoms with E-state index in [1.54, 1.807) is 24.3 Å². The van der Waals surface area contributed by atoms with Crippen LogP contribution < -0.4 is 17.2 Å². The summed E-state index contributed by atoms with van der Waals surface area (Å²) in [5.74, 6) is -0.0386. The summed E-state index contributed by atoms with van der Waals surface area (Å²) in [5, 5.41) is 8.12. The fraction of sp³-hybridized carbons (Fsp3) is 0.133. The van der Waals surface area contributed by atoms with E-state index in [-0.39, 0.29) is 5.96 Å². The lowest BCUT2D eigenvalue weighted by atomic mass is 10.0. The van der Waals surface area contributed by atoms with Crippen LogP contribution in [0.1, 0.15) is 5.56 Å². The predicted octanol–water partition coefficient (Wildman–Crippen LogP) is 3.06. The maximum atomic E-state index is 7.00. The van der Waals surface area contributed by atoms with Gasteiger partial charge in [-0.05, 0) is 42.3 Å². The van der Waals surface area contributed by atoms with E-state index in [0.29, 0.717) is 21.4 Å². The van der Waals surface area contributed by atoms with Gasteiger partial charge in [0.05, 0.1) is 11.4 Å². The molecule has 0 saturated heterocycles. The van der Waals surface area contributed by atoms with Gasteiger partial charge in [-0.2, -0.15) is 0 Å². The quantitative estimate of drug-likeness (QED) is 0.382.